The third-order valence-electron chi connectivity index (χ3n) is 6.83. The number of carbonyl (C=O) groups is 1. The van der Waals surface area contributed by atoms with Crippen molar-refractivity contribution in [3.63, 3.8) is 0 Å². The van der Waals surface area contributed by atoms with Gasteiger partial charge in [0.05, 0.1) is 29.6 Å². The lowest BCUT2D eigenvalue weighted by molar-refractivity contribution is -0.143. The summed E-state index contributed by atoms with van der Waals surface area (Å²) in [6, 6.07) is 9.51. The summed E-state index contributed by atoms with van der Waals surface area (Å²) in [6.45, 7) is 2.13. The van der Waals surface area contributed by atoms with Crippen LogP contribution in [0.1, 0.15) is 36.8 Å². The summed E-state index contributed by atoms with van der Waals surface area (Å²) in [7, 11) is 1.63. The fourth-order valence-corrected chi connectivity index (χ4v) is 4.97. The highest BCUT2D eigenvalue weighted by molar-refractivity contribution is 6.32. The Morgan fingerprint density at radius 2 is 2.03 bits per heavy atom. The normalized spacial score (nSPS) is 15.3. The monoisotopic (exact) mass is 492 g/mol. The number of pyridine rings is 2. The number of nitrogens with zero attached hydrogens (tertiary/aromatic N) is 3. The molecule has 1 aromatic carbocycles. The SMILES string of the molecule is COc1ccc2ncc(Cl)c(CCCC3(C(=O)NO)CCN(CC#Cc4ccncc4)CC3)c2c1. The maximum absolute atomic E-state index is 12.7. The van der Waals surface area contributed by atoms with Crippen molar-refractivity contribution in [1.82, 2.24) is 20.3 Å². The molecule has 1 fully saturated rings. The zero-order valence-corrected chi connectivity index (χ0v) is 20.5. The minimum Gasteiger partial charge on any atom is -0.497 e. The summed E-state index contributed by atoms with van der Waals surface area (Å²) in [5, 5.41) is 11.0. The molecule has 2 N–H and O–H groups in total. The third kappa shape index (κ3) is 5.91. The van der Waals surface area contributed by atoms with Crippen LogP contribution in [0.4, 0.5) is 0 Å². The van der Waals surface area contributed by atoms with Crippen molar-refractivity contribution in [2.24, 2.45) is 5.41 Å². The first-order valence-corrected chi connectivity index (χ1v) is 12.1. The fourth-order valence-electron chi connectivity index (χ4n) is 4.72. The van der Waals surface area contributed by atoms with Crippen molar-refractivity contribution in [2.45, 2.75) is 32.1 Å². The van der Waals surface area contributed by atoms with Crippen LogP contribution in [0.2, 0.25) is 5.02 Å². The number of piperidine rings is 1. The van der Waals surface area contributed by atoms with Crippen molar-refractivity contribution >= 4 is 28.4 Å². The molecular formula is C27H29ClN4O3. The Labute approximate surface area is 210 Å². The molecule has 1 aliphatic heterocycles. The molecule has 3 heterocycles. The highest BCUT2D eigenvalue weighted by Gasteiger charge is 2.40. The van der Waals surface area contributed by atoms with Gasteiger partial charge in [0.15, 0.2) is 0 Å². The van der Waals surface area contributed by atoms with E-state index in [1.54, 1.807) is 25.7 Å². The first-order valence-electron chi connectivity index (χ1n) is 11.7. The molecule has 1 amide bonds. The molecule has 0 spiro atoms. The first kappa shape index (κ1) is 24.9. The quantitative estimate of drug-likeness (QED) is 0.291. The number of methoxy groups -OCH3 is 1. The lowest BCUT2D eigenvalue weighted by Crippen LogP contribution is -2.48. The second-order valence-corrected chi connectivity index (χ2v) is 9.26. The van der Waals surface area contributed by atoms with Crippen molar-refractivity contribution in [3.05, 3.63) is 65.1 Å². The highest BCUT2D eigenvalue weighted by Crippen LogP contribution is 2.38. The summed E-state index contributed by atoms with van der Waals surface area (Å²) < 4.78 is 5.37. The van der Waals surface area contributed by atoms with E-state index in [9.17, 15) is 10.0 Å². The van der Waals surface area contributed by atoms with Crippen LogP contribution in [0.25, 0.3) is 10.9 Å². The molecule has 3 aromatic rings. The molecule has 8 heteroatoms. The van der Waals surface area contributed by atoms with Crippen LogP contribution in [-0.4, -0.2) is 52.7 Å². The van der Waals surface area contributed by atoms with Crippen molar-refractivity contribution in [2.75, 3.05) is 26.7 Å². The molecule has 7 nitrogen and oxygen atoms in total. The topological polar surface area (TPSA) is 87.6 Å². The molecule has 2 aromatic heterocycles. The van der Waals surface area contributed by atoms with Crippen LogP contribution < -0.4 is 10.2 Å². The van der Waals surface area contributed by atoms with E-state index >= 15 is 0 Å². The Morgan fingerprint density at radius 1 is 1.26 bits per heavy atom. The summed E-state index contributed by atoms with van der Waals surface area (Å²) in [5.41, 5.74) is 4.09. The summed E-state index contributed by atoms with van der Waals surface area (Å²) >= 11 is 6.51. The maximum Gasteiger partial charge on any atom is 0.249 e. The van der Waals surface area contributed by atoms with Gasteiger partial charge in [-0.2, -0.15) is 0 Å². The minimum atomic E-state index is -0.614. The molecule has 0 atom stereocenters. The number of hydroxylamine groups is 1. The number of hydrogen-bond acceptors (Lipinski definition) is 6. The van der Waals surface area contributed by atoms with Gasteiger partial charge in [0, 0.05) is 42.6 Å². The molecule has 0 aliphatic carbocycles. The number of halogens is 1. The van der Waals surface area contributed by atoms with Gasteiger partial charge in [0.25, 0.3) is 0 Å². The number of ether oxygens (including phenoxy) is 1. The molecular weight excluding hydrogens is 464 g/mol. The van der Waals surface area contributed by atoms with Gasteiger partial charge in [-0.3, -0.25) is 24.9 Å². The number of amides is 1. The fraction of sp³-hybridized carbons (Fsp3) is 0.370. The Kier molecular flexibility index (Phi) is 8.19. The third-order valence-corrected chi connectivity index (χ3v) is 7.15. The van der Waals surface area contributed by atoms with E-state index in [1.165, 1.54) is 0 Å². The van der Waals surface area contributed by atoms with Crippen molar-refractivity contribution in [3.8, 4) is 17.6 Å². The zero-order valence-electron chi connectivity index (χ0n) is 19.8. The number of carbonyl (C=O) groups excluding carboxylic acids is 1. The highest BCUT2D eigenvalue weighted by atomic mass is 35.5. The molecule has 35 heavy (non-hydrogen) atoms. The number of nitrogens with one attached hydrogen (secondary N) is 1. The number of benzene rings is 1. The average Bonchev–Trinajstić information content (AvgIpc) is 2.90. The van der Waals surface area contributed by atoms with E-state index in [2.05, 4.69) is 26.7 Å². The summed E-state index contributed by atoms with van der Waals surface area (Å²) in [4.78, 5) is 23.4. The Hall–Kier alpha value is -3.18. The van der Waals surface area contributed by atoms with Crippen LogP contribution in [0.3, 0.4) is 0 Å². The van der Waals surface area contributed by atoms with E-state index in [0.717, 1.165) is 47.3 Å². The molecule has 0 unspecified atom stereocenters. The van der Waals surface area contributed by atoms with Crippen LogP contribution in [0, 0.1) is 17.3 Å². The number of fused-ring (bicyclic) bond motifs is 1. The molecule has 1 aliphatic rings. The van der Waals surface area contributed by atoms with Gasteiger partial charge in [0.2, 0.25) is 5.91 Å². The zero-order chi connectivity index (χ0) is 24.7. The van der Waals surface area contributed by atoms with Crippen LogP contribution in [0.5, 0.6) is 5.75 Å². The molecule has 0 radical (unpaired) electrons. The summed E-state index contributed by atoms with van der Waals surface area (Å²) in [5.74, 6) is 6.79. The minimum absolute atomic E-state index is 0.313. The molecule has 4 rings (SSSR count). The average molecular weight is 493 g/mol. The van der Waals surface area contributed by atoms with E-state index in [1.807, 2.05) is 35.8 Å². The molecule has 0 bridgehead atoms. The molecule has 182 valence electrons. The van der Waals surface area contributed by atoms with Gasteiger partial charge in [-0.1, -0.05) is 23.4 Å². The number of rotatable bonds is 7. The van der Waals surface area contributed by atoms with Gasteiger partial charge in [-0.05, 0) is 68.0 Å². The molecule has 0 saturated carbocycles. The van der Waals surface area contributed by atoms with Crippen LogP contribution in [-0.2, 0) is 11.2 Å². The second kappa shape index (κ2) is 11.5. The number of hydrogen-bond donors (Lipinski definition) is 2. The van der Waals surface area contributed by atoms with Gasteiger partial charge < -0.3 is 4.74 Å². The lowest BCUT2D eigenvalue weighted by Gasteiger charge is -2.39. The predicted molar refractivity (Wildman–Crippen MR) is 135 cm³/mol. The van der Waals surface area contributed by atoms with E-state index < -0.39 is 5.41 Å². The van der Waals surface area contributed by atoms with Gasteiger partial charge >= 0.3 is 0 Å². The van der Waals surface area contributed by atoms with Crippen molar-refractivity contribution < 1.29 is 14.7 Å². The van der Waals surface area contributed by atoms with Gasteiger partial charge in [0.1, 0.15) is 5.75 Å². The van der Waals surface area contributed by atoms with Gasteiger partial charge in [-0.25, -0.2) is 5.48 Å². The largest absolute Gasteiger partial charge is 0.497 e. The maximum atomic E-state index is 12.7. The second-order valence-electron chi connectivity index (χ2n) is 8.86. The van der Waals surface area contributed by atoms with Crippen LogP contribution >= 0.6 is 11.6 Å². The standard InChI is InChI=1S/C27H29ClN4O3/c1-35-21-6-7-25-23(18-21)22(24(28)19-30-25)5-2-10-27(26(33)31-34)11-16-32(17-12-27)15-3-4-20-8-13-29-14-9-20/h6-9,13-14,18-19,34H,2,5,10-12,15-17H2,1H3,(H,31,33). The van der Waals surface area contributed by atoms with E-state index in [-0.39, 0.29) is 5.91 Å². The Bertz CT molecular complexity index is 1230. The van der Waals surface area contributed by atoms with Crippen molar-refractivity contribution in [1.29, 1.82) is 0 Å². The number of aromatic nitrogens is 2. The van der Waals surface area contributed by atoms with Crippen LogP contribution in [0.15, 0.2) is 48.9 Å². The predicted octanol–water partition coefficient (Wildman–Crippen LogP) is 4.25. The Morgan fingerprint density at radius 3 is 2.74 bits per heavy atom. The Balaban J connectivity index is 1.40. The first-order chi connectivity index (χ1) is 17.0. The number of likely N-dealkylation sites (tertiary alicyclic amines) is 1. The molecule has 1 saturated heterocycles. The lowest BCUT2D eigenvalue weighted by atomic mass is 9.73. The van der Waals surface area contributed by atoms with E-state index in [4.69, 9.17) is 16.3 Å². The van der Waals surface area contributed by atoms with Gasteiger partial charge in [-0.15, -0.1) is 0 Å². The smallest absolute Gasteiger partial charge is 0.249 e. The number of aryl methyl sites for hydroxylation is 1. The summed E-state index contributed by atoms with van der Waals surface area (Å²) in [6.07, 6.45) is 8.56. The van der Waals surface area contributed by atoms with E-state index in [0.29, 0.717) is 37.3 Å².